The van der Waals surface area contributed by atoms with Gasteiger partial charge in [0.25, 0.3) is 0 Å². The third-order valence-electron chi connectivity index (χ3n) is 2.47. The van der Waals surface area contributed by atoms with Gasteiger partial charge in [-0.15, -0.1) is 0 Å². The van der Waals surface area contributed by atoms with E-state index in [1.807, 2.05) is 23.9 Å². The lowest BCUT2D eigenvalue weighted by molar-refractivity contribution is 0.631. The monoisotopic (exact) mass is 257 g/mol. The molecule has 0 radical (unpaired) electrons. The van der Waals surface area contributed by atoms with Crippen molar-refractivity contribution < 1.29 is 0 Å². The van der Waals surface area contributed by atoms with E-state index in [4.69, 9.17) is 17.3 Å². The summed E-state index contributed by atoms with van der Waals surface area (Å²) in [5, 5.41) is 1.18. The Morgan fingerprint density at radius 2 is 1.88 bits per heavy atom. The van der Waals surface area contributed by atoms with Crippen LogP contribution in [0, 0.1) is 5.92 Å². The average Bonchev–Trinajstić information content (AvgIpc) is 2.26. The van der Waals surface area contributed by atoms with Crippen molar-refractivity contribution in [3.8, 4) is 0 Å². The topological polar surface area (TPSA) is 26.0 Å². The van der Waals surface area contributed by atoms with Crippen LogP contribution < -0.4 is 5.73 Å². The van der Waals surface area contributed by atoms with Crippen molar-refractivity contribution in [3.05, 3.63) is 34.9 Å². The fraction of sp³-hybridized carbons (Fsp3) is 0.538. The van der Waals surface area contributed by atoms with Crippen LogP contribution in [0.4, 0.5) is 0 Å². The molecule has 1 aromatic rings. The van der Waals surface area contributed by atoms with E-state index in [9.17, 15) is 0 Å². The zero-order valence-electron chi connectivity index (χ0n) is 9.95. The lowest BCUT2D eigenvalue weighted by Gasteiger charge is -2.15. The second kappa shape index (κ2) is 7.21. The molecule has 0 fully saturated rings. The first-order valence-corrected chi connectivity index (χ1v) is 7.13. The molecule has 0 saturated carbocycles. The molecule has 1 atom stereocenters. The van der Waals surface area contributed by atoms with Crippen LogP contribution in [-0.2, 0) is 0 Å². The van der Waals surface area contributed by atoms with Gasteiger partial charge in [-0.25, -0.2) is 0 Å². The van der Waals surface area contributed by atoms with Crippen LogP contribution in [0.3, 0.4) is 0 Å². The minimum Gasteiger partial charge on any atom is -0.329 e. The molecule has 1 aromatic carbocycles. The van der Waals surface area contributed by atoms with Crippen molar-refractivity contribution in [1.29, 1.82) is 0 Å². The molecular weight excluding hydrogens is 238 g/mol. The van der Waals surface area contributed by atoms with Gasteiger partial charge < -0.3 is 5.73 Å². The summed E-state index contributed by atoms with van der Waals surface area (Å²) in [6, 6.07) is 8.01. The fourth-order valence-corrected chi connectivity index (χ4v) is 2.93. The summed E-state index contributed by atoms with van der Waals surface area (Å²) in [6.07, 6.45) is 1.24. The largest absolute Gasteiger partial charge is 0.329 e. The number of halogens is 1. The molecule has 2 N–H and O–H groups in total. The summed E-state index contributed by atoms with van der Waals surface area (Å²) in [6.45, 7) is 5.19. The van der Waals surface area contributed by atoms with Gasteiger partial charge in [-0.3, -0.25) is 0 Å². The van der Waals surface area contributed by atoms with Crippen molar-refractivity contribution >= 4 is 23.4 Å². The second-order valence-electron chi connectivity index (χ2n) is 4.33. The van der Waals surface area contributed by atoms with E-state index in [0.29, 0.717) is 11.8 Å². The first-order chi connectivity index (χ1) is 7.63. The number of nitrogens with two attached hydrogens (primary N) is 1. The molecule has 1 nitrogen and oxygen atoms in total. The molecule has 0 aliphatic heterocycles. The lowest BCUT2D eigenvalue weighted by atomic mass is 10.1. The van der Waals surface area contributed by atoms with Gasteiger partial charge in [-0.1, -0.05) is 37.6 Å². The summed E-state index contributed by atoms with van der Waals surface area (Å²) in [4.78, 5) is 0. The van der Waals surface area contributed by atoms with Gasteiger partial charge in [0.1, 0.15) is 0 Å². The quantitative estimate of drug-likeness (QED) is 0.830. The molecule has 16 heavy (non-hydrogen) atoms. The predicted octanol–water partition coefficient (Wildman–Crippen LogP) is 4.12. The van der Waals surface area contributed by atoms with Crippen molar-refractivity contribution in [1.82, 2.24) is 0 Å². The normalized spacial score (nSPS) is 13.1. The third-order valence-corrected chi connectivity index (χ3v) is 4.06. The van der Waals surface area contributed by atoms with E-state index in [1.54, 1.807) is 0 Å². The second-order valence-corrected chi connectivity index (χ2v) is 6.08. The Kier molecular flexibility index (Phi) is 6.25. The Morgan fingerprint density at radius 1 is 1.25 bits per heavy atom. The van der Waals surface area contributed by atoms with Crippen molar-refractivity contribution in [2.45, 2.75) is 25.5 Å². The van der Waals surface area contributed by atoms with E-state index < -0.39 is 0 Å². The number of benzene rings is 1. The maximum Gasteiger partial charge on any atom is 0.0419 e. The van der Waals surface area contributed by atoms with Crippen LogP contribution in [0.15, 0.2) is 24.3 Å². The highest BCUT2D eigenvalue weighted by atomic mass is 35.5. The zero-order chi connectivity index (χ0) is 12.0. The number of hydrogen-bond acceptors (Lipinski definition) is 2. The molecule has 1 unspecified atom stereocenters. The molecular formula is C13H20ClNS. The van der Waals surface area contributed by atoms with E-state index >= 15 is 0 Å². The van der Waals surface area contributed by atoms with Crippen LogP contribution in [0.5, 0.6) is 0 Å². The molecule has 0 spiro atoms. The lowest BCUT2D eigenvalue weighted by Crippen LogP contribution is -2.10. The Bertz CT molecular complexity index is 297. The Morgan fingerprint density at radius 3 is 2.38 bits per heavy atom. The average molecular weight is 258 g/mol. The van der Waals surface area contributed by atoms with Gasteiger partial charge >= 0.3 is 0 Å². The molecule has 0 aromatic heterocycles. The predicted molar refractivity (Wildman–Crippen MR) is 75.2 cm³/mol. The van der Waals surface area contributed by atoms with Gasteiger partial charge in [0.05, 0.1) is 0 Å². The number of thioether (sulfide) groups is 1. The smallest absolute Gasteiger partial charge is 0.0419 e. The molecule has 0 saturated heterocycles. The summed E-state index contributed by atoms with van der Waals surface area (Å²) >= 11 is 7.81. The van der Waals surface area contributed by atoms with Crippen LogP contribution in [0.25, 0.3) is 0 Å². The molecule has 0 amide bonds. The van der Waals surface area contributed by atoms with E-state index in [0.717, 1.165) is 10.9 Å². The molecule has 0 bridgehead atoms. The first kappa shape index (κ1) is 13.9. The highest BCUT2D eigenvalue weighted by molar-refractivity contribution is 7.99. The van der Waals surface area contributed by atoms with E-state index in [-0.39, 0.29) is 0 Å². The number of rotatable bonds is 6. The van der Waals surface area contributed by atoms with Gasteiger partial charge in [0.15, 0.2) is 0 Å². The van der Waals surface area contributed by atoms with Crippen LogP contribution in [0.1, 0.15) is 31.1 Å². The SMILES string of the molecule is CC(C)CCSC(CN)c1ccc(Cl)cc1. The van der Waals surface area contributed by atoms with Crippen LogP contribution >= 0.6 is 23.4 Å². The highest BCUT2D eigenvalue weighted by Crippen LogP contribution is 2.29. The Labute approximate surface area is 108 Å². The maximum absolute atomic E-state index is 5.87. The van der Waals surface area contributed by atoms with Crippen molar-refractivity contribution in [3.63, 3.8) is 0 Å². The molecule has 3 heteroatoms. The van der Waals surface area contributed by atoms with Gasteiger partial charge in [-0.05, 0) is 35.8 Å². The highest BCUT2D eigenvalue weighted by Gasteiger charge is 2.10. The fourth-order valence-electron chi connectivity index (χ4n) is 1.42. The molecule has 0 heterocycles. The zero-order valence-corrected chi connectivity index (χ0v) is 11.5. The minimum atomic E-state index is 0.399. The van der Waals surface area contributed by atoms with Gasteiger partial charge in [0, 0.05) is 16.8 Å². The van der Waals surface area contributed by atoms with Gasteiger partial charge in [-0.2, -0.15) is 11.8 Å². The Hall–Kier alpha value is -0.180. The van der Waals surface area contributed by atoms with Crippen molar-refractivity contribution in [2.75, 3.05) is 12.3 Å². The summed E-state index contributed by atoms with van der Waals surface area (Å²) in [5.41, 5.74) is 7.08. The molecule has 90 valence electrons. The van der Waals surface area contributed by atoms with Crippen LogP contribution in [0.2, 0.25) is 5.02 Å². The minimum absolute atomic E-state index is 0.399. The van der Waals surface area contributed by atoms with Crippen LogP contribution in [-0.4, -0.2) is 12.3 Å². The summed E-state index contributed by atoms with van der Waals surface area (Å²) < 4.78 is 0. The Balaban J connectivity index is 2.50. The molecule has 1 rings (SSSR count). The molecule has 0 aliphatic carbocycles. The van der Waals surface area contributed by atoms with Gasteiger partial charge in [0.2, 0.25) is 0 Å². The maximum atomic E-state index is 5.87. The first-order valence-electron chi connectivity index (χ1n) is 5.70. The third kappa shape index (κ3) is 4.77. The summed E-state index contributed by atoms with van der Waals surface area (Å²) in [7, 11) is 0. The summed E-state index contributed by atoms with van der Waals surface area (Å²) in [5.74, 6) is 1.93. The standard InChI is InChI=1S/C13H20ClNS/c1-10(2)7-8-16-13(9-15)11-3-5-12(14)6-4-11/h3-6,10,13H,7-9,15H2,1-2H3. The van der Waals surface area contributed by atoms with E-state index in [2.05, 4.69) is 26.0 Å². The van der Waals surface area contributed by atoms with E-state index in [1.165, 1.54) is 17.7 Å². The number of hydrogen-bond donors (Lipinski definition) is 1. The molecule has 0 aliphatic rings. The van der Waals surface area contributed by atoms with Crippen molar-refractivity contribution in [2.24, 2.45) is 11.7 Å².